The molecular formula is C16H21N3O2S. The van der Waals surface area contributed by atoms with Crippen molar-refractivity contribution in [2.45, 2.75) is 26.7 Å². The standard InChI is InChI=1S/C16H21N3O2S/c1-10(2)5-4-8-17-14(20)11-6-7-12-13(9-11)18-16(22)19(3)15(12)21/h6-7,9-10H,4-5,8H2,1-3H3,(H,17,20)(H,18,22). The van der Waals surface area contributed by atoms with Crippen LogP contribution in [0.4, 0.5) is 0 Å². The molecule has 118 valence electrons. The zero-order valence-electron chi connectivity index (χ0n) is 13.1. The molecule has 2 rings (SSSR count). The molecule has 22 heavy (non-hydrogen) atoms. The highest BCUT2D eigenvalue weighted by Gasteiger charge is 2.09. The molecule has 0 atom stereocenters. The van der Waals surface area contributed by atoms with Gasteiger partial charge in [-0.15, -0.1) is 0 Å². The van der Waals surface area contributed by atoms with Crippen LogP contribution in [0, 0.1) is 10.7 Å². The number of nitrogens with one attached hydrogen (secondary N) is 2. The van der Waals surface area contributed by atoms with Gasteiger partial charge in [-0.1, -0.05) is 13.8 Å². The largest absolute Gasteiger partial charge is 0.352 e. The van der Waals surface area contributed by atoms with Gasteiger partial charge >= 0.3 is 0 Å². The summed E-state index contributed by atoms with van der Waals surface area (Å²) in [5.74, 6) is 0.500. The fourth-order valence-corrected chi connectivity index (χ4v) is 2.45. The predicted octanol–water partition coefficient (Wildman–Crippen LogP) is 2.76. The number of rotatable bonds is 5. The third-order valence-electron chi connectivity index (χ3n) is 3.61. The predicted molar refractivity (Wildman–Crippen MR) is 90.8 cm³/mol. The molecular weight excluding hydrogens is 298 g/mol. The van der Waals surface area contributed by atoms with Crippen molar-refractivity contribution in [2.75, 3.05) is 6.54 Å². The number of benzene rings is 1. The summed E-state index contributed by atoms with van der Waals surface area (Å²) in [6.45, 7) is 4.98. The lowest BCUT2D eigenvalue weighted by molar-refractivity contribution is 0.0952. The van der Waals surface area contributed by atoms with E-state index in [4.69, 9.17) is 12.2 Å². The first-order valence-electron chi connectivity index (χ1n) is 7.41. The summed E-state index contributed by atoms with van der Waals surface area (Å²) >= 11 is 5.09. The fraction of sp³-hybridized carbons (Fsp3) is 0.438. The van der Waals surface area contributed by atoms with Crippen molar-refractivity contribution >= 4 is 29.0 Å². The minimum absolute atomic E-state index is 0.134. The summed E-state index contributed by atoms with van der Waals surface area (Å²) in [7, 11) is 1.62. The van der Waals surface area contributed by atoms with E-state index in [1.54, 1.807) is 25.2 Å². The minimum Gasteiger partial charge on any atom is -0.352 e. The van der Waals surface area contributed by atoms with Gasteiger partial charge in [0, 0.05) is 19.2 Å². The third kappa shape index (κ3) is 3.62. The first-order valence-corrected chi connectivity index (χ1v) is 7.82. The Bertz CT molecular complexity index is 805. The summed E-state index contributed by atoms with van der Waals surface area (Å²) in [5, 5.41) is 3.42. The Morgan fingerprint density at radius 2 is 2.14 bits per heavy atom. The molecule has 0 saturated heterocycles. The number of hydrogen-bond acceptors (Lipinski definition) is 3. The van der Waals surface area contributed by atoms with E-state index < -0.39 is 0 Å². The van der Waals surface area contributed by atoms with Gasteiger partial charge in [0.1, 0.15) is 0 Å². The van der Waals surface area contributed by atoms with Gasteiger partial charge in [-0.05, 0) is 49.2 Å². The zero-order valence-corrected chi connectivity index (χ0v) is 13.9. The quantitative estimate of drug-likeness (QED) is 0.658. The van der Waals surface area contributed by atoms with E-state index in [1.165, 1.54) is 4.57 Å². The molecule has 0 fully saturated rings. The molecule has 2 N–H and O–H groups in total. The Balaban J connectivity index is 2.19. The van der Waals surface area contributed by atoms with Crippen molar-refractivity contribution in [3.63, 3.8) is 0 Å². The first-order chi connectivity index (χ1) is 10.4. The van der Waals surface area contributed by atoms with Crippen LogP contribution in [0.15, 0.2) is 23.0 Å². The maximum Gasteiger partial charge on any atom is 0.261 e. The van der Waals surface area contributed by atoms with E-state index in [0.717, 1.165) is 12.8 Å². The Kier molecular flexibility index (Phi) is 5.13. The molecule has 6 heteroatoms. The van der Waals surface area contributed by atoms with Gasteiger partial charge in [0.05, 0.1) is 10.9 Å². The lowest BCUT2D eigenvalue weighted by atomic mass is 10.1. The molecule has 0 unspecified atom stereocenters. The molecule has 5 nitrogen and oxygen atoms in total. The highest BCUT2D eigenvalue weighted by molar-refractivity contribution is 7.71. The topological polar surface area (TPSA) is 66.9 Å². The minimum atomic E-state index is -0.164. The van der Waals surface area contributed by atoms with Crippen molar-refractivity contribution in [2.24, 2.45) is 13.0 Å². The van der Waals surface area contributed by atoms with E-state index in [0.29, 0.717) is 33.7 Å². The van der Waals surface area contributed by atoms with Crippen molar-refractivity contribution in [3.05, 3.63) is 38.9 Å². The van der Waals surface area contributed by atoms with E-state index in [9.17, 15) is 9.59 Å². The first kappa shape index (κ1) is 16.4. The number of fused-ring (bicyclic) bond motifs is 1. The third-order valence-corrected chi connectivity index (χ3v) is 3.98. The molecule has 0 spiro atoms. The summed E-state index contributed by atoms with van der Waals surface area (Å²) in [6, 6.07) is 4.99. The Morgan fingerprint density at radius 3 is 2.82 bits per heavy atom. The van der Waals surface area contributed by atoms with Crippen molar-refractivity contribution in [1.29, 1.82) is 0 Å². The van der Waals surface area contributed by atoms with Crippen molar-refractivity contribution in [1.82, 2.24) is 14.9 Å². The lowest BCUT2D eigenvalue weighted by Gasteiger charge is -2.08. The number of H-pyrrole nitrogens is 1. The average molecular weight is 319 g/mol. The molecule has 1 heterocycles. The van der Waals surface area contributed by atoms with Gasteiger partial charge < -0.3 is 10.3 Å². The van der Waals surface area contributed by atoms with E-state index in [1.807, 2.05) is 0 Å². The number of hydrogen-bond donors (Lipinski definition) is 2. The Labute approximate surface area is 134 Å². The summed E-state index contributed by atoms with van der Waals surface area (Å²) in [5.41, 5.74) is 0.946. The van der Waals surface area contributed by atoms with Gasteiger partial charge in [0.15, 0.2) is 4.77 Å². The van der Waals surface area contributed by atoms with Gasteiger partial charge in [-0.3, -0.25) is 14.2 Å². The van der Waals surface area contributed by atoms with Crippen LogP contribution in [0.1, 0.15) is 37.0 Å². The smallest absolute Gasteiger partial charge is 0.261 e. The maximum atomic E-state index is 12.1. The number of amides is 1. The maximum absolute atomic E-state index is 12.1. The second-order valence-corrected chi connectivity index (χ2v) is 6.23. The molecule has 0 radical (unpaired) electrons. The SMILES string of the molecule is CC(C)CCCNC(=O)c1ccc2c(=O)n(C)c(=S)[nH]c2c1. The van der Waals surface area contributed by atoms with Gasteiger partial charge in [0.2, 0.25) is 0 Å². The number of carbonyl (C=O) groups excluding carboxylic acids is 1. The normalized spacial score (nSPS) is 11.1. The number of aromatic amines is 1. The fourth-order valence-electron chi connectivity index (χ4n) is 2.26. The van der Waals surface area contributed by atoms with Crippen LogP contribution in [0.5, 0.6) is 0 Å². The van der Waals surface area contributed by atoms with Crippen LogP contribution in [-0.4, -0.2) is 22.0 Å². The van der Waals surface area contributed by atoms with Gasteiger partial charge in [0.25, 0.3) is 11.5 Å². The number of carbonyl (C=O) groups is 1. The molecule has 0 aliphatic carbocycles. The van der Waals surface area contributed by atoms with E-state index >= 15 is 0 Å². The highest BCUT2D eigenvalue weighted by atomic mass is 32.1. The summed E-state index contributed by atoms with van der Waals surface area (Å²) < 4.78 is 1.72. The number of aromatic nitrogens is 2. The monoisotopic (exact) mass is 319 g/mol. The van der Waals surface area contributed by atoms with Crippen LogP contribution < -0.4 is 10.9 Å². The molecule has 0 saturated carbocycles. The van der Waals surface area contributed by atoms with Gasteiger partial charge in [-0.25, -0.2) is 0 Å². The van der Waals surface area contributed by atoms with E-state index in [-0.39, 0.29) is 11.5 Å². The molecule has 0 aliphatic heterocycles. The highest BCUT2D eigenvalue weighted by Crippen LogP contribution is 2.10. The number of nitrogens with zero attached hydrogens (tertiary/aromatic N) is 1. The molecule has 1 aromatic heterocycles. The average Bonchev–Trinajstić information content (AvgIpc) is 2.48. The Hall–Kier alpha value is -1.95. The van der Waals surface area contributed by atoms with Crippen molar-refractivity contribution in [3.8, 4) is 0 Å². The zero-order chi connectivity index (χ0) is 16.3. The Morgan fingerprint density at radius 1 is 1.41 bits per heavy atom. The molecule has 1 amide bonds. The van der Waals surface area contributed by atoms with Crippen LogP contribution in [0.3, 0.4) is 0 Å². The lowest BCUT2D eigenvalue weighted by Crippen LogP contribution is -2.25. The van der Waals surface area contributed by atoms with Crippen molar-refractivity contribution < 1.29 is 4.79 Å². The summed E-state index contributed by atoms with van der Waals surface area (Å²) in [4.78, 5) is 27.2. The van der Waals surface area contributed by atoms with Crippen LogP contribution in [0.2, 0.25) is 0 Å². The summed E-state index contributed by atoms with van der Waals surface area (Å²) in [6.07, 6.45) is 2.04. The molecule has 1 aromatic carbocycles. The van der Waals surface area contributed by atoms with Crippen LogP contribution in [-0.2, 0) is 7.05 Å². The second kappa shape index (κ2) is 6.87. The van der Waals surface area contributed by atoms with Crippen LogP contribution >= 0.6 is 12.2 Å². The van der Waals surface area contributed by atoms with Crippen LogP contribution in [0.25, 0.3) is 10.9 Å². The van der Waals surface area contributed by atoms with Gasteiger partial charge in [-0.2, -0.15) is 0 Å². The molecule has 0 aliphatic rings. The van der Waals surface area contributed by atoms with E-state index in [2.05, 4.69) is 24.1 Å². The molecule has 0 bridgehead atoms. The molecule has 2 aromatic rings. The second-order valence-electron chi connectivity index (χ2n) is 5.85.